The predicted molar refractivity (Wildman–Crippen MR) is 78.3 cm³/mol. The molecule has 0 aliphatic heterocycles. The maximum Gasteiger partial charge on any atom is 0.311 e. The number of aliphatic carboxylic acids is 1. The van der Waals surface area contributed by atoms with Crippen LogP contribution in [0.2, 0.25) is 0 Å². The number of carbonyl (C=O) groups is 2. The number of carboxylic acid groups (broad SMARTS) is 1. The highest BCUT2D eigenvalue weighted by atomic mass is 16.5. The first-order chi connectivity index (χ1) is 9.93. The Morgan fingerprint density at radius 2 is 2.05 bits per heavy atom. The Hall–Kier alpha value is -2.04. The number of carbonyl (C=O) groups excluding carboxylic acids is 1. The Morgan fingerprint density at radius 1 is 1.33 bits per heavy atom. The van der Waals surface area contributed by atoms with Crippen LogP contribution < -0.4 is 10.1 Å². The Kier molecular flexibility index (Phi) is 4.50. The molecule has 0 atom stereocenters. The van der Waals surface area contributed by atoms with Crippen molar-refractivity contribution in [1.29, 1.82) is 0 Å². The monoisotopic (exact) mass is 291 g/mol. The van der Waals surface area contributed by atoms with Gasteiger partial charge in [0.2, 0.25) is 0 Å². The first kappa shape index (κ1) is 15.4. The maximum absolute atomic E-state index is 11.8. The van der Waals surface area contributed by atoms with Gasteiger partial charge in [-0.05, 0) is 38.3 Å². The van der Waals surface area contributed by atoms with Gasteiger partial charge in [0, 0.05) is 6.54 Å². The summed E-state index contributed by atoms with van der Waals surface area (Å²) in [6, 6.07) is 5.75. The topological polar surface area (TPSA) is 75.6 Å². The second-order valence-corrected chi connectivity index (χ2v) is 5.77. The molecule has 21 heavy (non-hydrogen) atoms. The molecule has 0 aromatic heterocycles. The van der Waals surface area contributed by atoms with Crippen molar-refractivity contribution in [3.8, 4) is 5.75 Å². The van der Waals surface area contributed by atoms with Crippen molar-refractivity contribution in [2.75, 3.05) is 13.2 Å². The zero-order valence-corrected chi connectivity index (χ0v) is 12.4. The van der Waals surface area contributed by atoms with E-state index >= 15 is 0 Å². The van der Waals surface area contributed by atoms with Crippen molar-refractivity contribution in [3.63, 3.8) is 0 Å². The van der Waals surface area contributed by atoms with E-state index in [1.54, 1.807) is 0 Å². The van der Waals surface area contributed by atoms with Crippen LogP contribution in [0.4, 0.5) is 0 Å². The van der Waals surface area contributed by atoms with Crippen molar-refractivity contribution in [2.24, 2.45) is 5.41 Å². The summed E-state index contributed by atoms with van der Waals surface area (Å²) >= 11 is 0. The fourth-order valence-electron chi connectivity index (χ4n) is 2.49. The SMILES string of the molecule is Cc1ccc(OCC(=O)NCC2(C(=O)O)CCC2)c(C)c1. The molecule has 0 radical (unpaired) electrons. The van der Waals surface area contributed by atoms with Crippen LogP contribution in [0.15, 0.2) is 18.2 Å². The number of nitrogens with one attached hydrogen (secondary N) is 1. The van der Waals surface area contributed by atoms with Crippen molar-refractivity contribution < 1.29 is 19.4 Å². The second-order valence-electron chi connectivity index (χ2n) is 5.77. The minimum absolute atomic E-state index is 0.0976. The van der Waals surface area contributed by atoms with Gasteiger partial charge in [0.1, 0.15) is 5.75 Å². The quantitative estimate of drug-likeness (QED) is 0.841. The summed E-state index contributed by atoms with van der Waals surface area (Å²) in [7, 11) is 0. The molecule has 0 spiro atoms. The molecule has 0 bridgehead atoms. The molecule has 2 N–H and O–H groups in total. The maximum atomic E-state index is 11.8. The molecular weight excluding hydrogens is 270 g/mol. The van der Waals surface area contributed by atoms with Gasteiger partial charge in [0.15, 0.2) is 6.61 Å². The van der Waals surface area contributed by atoms with Gasteiger partial charge >= 0.3 is 5.97 Å². The van der Waals surface area contributed by atoms with Gasteiger partial charge in [0.25, 0.3) is 5.91 Å². The fourth-order valence-corrected chi connectivity index (χ4v) is 2.49. The predicted octanol–water partition coefficient (Wildman–Crippen LogP) is 2.05. The molecule has 1 saturated carbocycles. The summed E-state index contributed by atoms with van der Waals surface area (Å²) in [6.45, 7) is 4.00. The van der Waals surface area contributed by atoms with Crippen molar-refractivity contribution in [1.82, 2.24) is 5.32 Å². The number of benzene rings is 1. The Balaban J connectivity index is 1.81. The normalized spacial score (nSPS) is 15.9. The Labute approximate surface area is 124 Å². The zero-order chi connectivity index (χ0) is 15.5. The van der Waals surface area contributed by atoms with E-state index in [9.17, 15) is 14.7 Å². The van der Waals surface area contributed by atoms with Crippen molar-refractivity contribution in [3.05, 3.63) is 29.3 Å². The smallest absolute Gasteiger partial charge is 0.311 e. The molecule has 1 aromatic carbocycles. The largest absolute Gasteiger partial charge is 0.484 e. The van der Waals surface area contributed by atoms with E-state index in [0.29, 0.717) is 18.6 Å². The zero-order valence-electron chi connectivity index (χ0n) is 12.4. The summed E-state index contributed by atoms with van der Waals surface area (Å²) in [4.78, 5) is 23.0. The molecule has 0 unspecified atom stereocenters. The number of hydrogen-bond acceptors (Lipinski definition) is 3. The third kappa shape index (κ3) is 3.54. The standard InChI is InChI=1S/C16H21NO4/c1-11-4-5-13(12(2)8-11)21-9-14(18)17-10-16(15(19)20)6-3-7-16/h4-5,8H,3,6-7,9-10H2,1-2H3,(H,17,18)(H,19,20). The highest BCUT2D eigenvalue weighted by molar-refractivity contribution is 5.80. The molecule has 1 aliphatic rings. The van der Waals surface area contributed by atoms with Gasteiger partial charge < -0.3 is 15.2 Å². The molecule has 1 amide bonds. The Morgan fingerprint density at radius 3 is 2.57 bits per heavy atom. The molecule has 2 rings (SSSR count). The first-order valence-corrected chi connectivity index (χ1v) is 7.13. The number of amides is 1. The minimum atomic E-state index is -0.829. The van der Waals surface area contributed by atoms with Crippen LogP contribution in [0.5, 0.6) is 5.75 Å². The van der Waals surface area contributed by atoms with Gasteiger partial charge in [-0.15, -0.1) is 0 Å². The van der Waals surface area contributed by atoms with Gasteiger partial charge in [0.05, 0.1) is 5.41 Å². The number of rotatable bonds is 6. The average Bonchev–Trinajstić information content (AvgIpc) is 2.36. The van der Waals surface area contributed by atoms with Crippen LogP contribution in [0.25, 0.3) is 0 Å². The Bertz CT molecular complexity index is 549. The summed E-state index contributed by atoms with van der Waals surface area (Å²) in [5, 5.41) is 11.8. The highest BCUT2D eigenvalue weighted by Crippen LogP contribution is 2.40. The molecular formula is C16H21NO4. The van der Waals surface area contributed by atoms with Crippen LogP contribution in [0.3, 0.4) is 0 Å². The number of hydrogen-bond donors (Lipinski definition) is 2. The lowest BCUT2D eigenvalue weighted by Gasteiger charge is -2.37. The van der Waals surface area contributed by atoms with E-state index in [0.717, 1.165) is 17.5 Å². The summed E-state index contributed by atoms with van der Waals surface area (Å²) < 4.78 is 5.47. The van der Waals surface area contributed by atoms with Crippen LogP contribution in [0, 0.1) is 19.3 Å². The lowest BCUT2D eigenvalue weighted by Crippen LogP contribution is -2.48. The highest BCUT2D eigenvalue weighted by Gasteiger charge is 2.44. The molecule has 5 heteroatoms. The number of aryl methyl sites for hydroxylation is 2. The summed E-state index contributed by atoms with van der Waals surface area (Å²) in [5.74, 6) is -0.445. The van der Waals surface area contributed by atoms with Gasteiger partial charge in [-0.2, -0.15) is 0 Å². The van der Waals surface area contributed by atoms with E-state index in [1.807, 2.05) is 32.0 Å². The number of carboxylic acids is 1. The van der Waals surface area contributed by atoms with Gasteiger partial charge in [-0.25, -0.2) is 0 Å². The van der Waals surface area contributed by atoms with E-state index in [-0.39, 0.29) is 19.1 Å². The molecule has 114 valence electrons. The lowest BCUT2D eigenvalue weighted by molar-refractivity contribution is -0.154. The van der Waals surface area contributed by atoms with Crippen molar-refractivity contribution >= 4 is 11.9 Å². The van der Waals surface area contributed by atoms with Crippen LogP contribution in [-0.4, -0.2) is 30.1 Å². The van der Waals surface area contributed by atoms with Gasteiger partial charge in [-0.1, -0.05) is 24.1 Å². The molecule has 0 saturated heterocycles. The fraction of sp³-hybridized carbons (Fsp3) is 0.500. The van der Waals surface area contributed by atoms with E-state index < -0.39 is 11.4 Å². The molecule has 5 nitrogen and oxygen atoms in total. The van der Waals surface area contributed by atoms with Crippen LogP contribution in [0.1, 0.15) is 30.4 Å². The van der Waals surface area contributed by atoms with Crippen molar-refractivity contribution in [2.45, 2.75) is 33.1 Å². The molecule has 1 fully saturated rings. The van der Waals surface area contributed by atoms with E-state index in [2.05, 4.69) is 5.32 Å². The van der Waals surface area contributed by atoms with E-state index in [4.69, 9.17) is 4.74 Å². The number of ether oxygens (including phenoxy) is 1. The minimum Gasteiger partial charge on any atom is -0.484 e. The first-order valence-electron chi connectivity index (χ1n) is 7.13. The summed E-state index contributed by atoms with van der Waals surface area (Å²) in [5.41, 5.74) is 1.34. The molecule has 0 heterocycles. The van der Waals surface area contributed by atoms with E-state index in [1.165, 1.54) is 0 Å². The van der Waals surface area contributed by atoms with Crippen LogP contribution in [-0.2, 0) is 9.59 Å². The second kappa shape index (κ2) is 6.16. The third-order valence-corrected chi connectivity index (χ3v) is 4.08. The summed E-state index contributed by atoms with van der Waals surface area (Å²) in [6.07, 6.45) is 2.16. The van der Waals surface area contributed by atoms with Crippen LogP contribution >= 0.6 is 0 Å². The van der Waals surface area contributed by atoms with Gasteiger partial charge in [-0.3, -0.25) is 9.59 Å². The molecule has 1 aromatic rings. The lowest BCUT2D eigenvalue weighted by atomic mass is 9.69. The molecule has 1 aliphatic carbocycles. The third-order valence-electron chi connectivity index (χ3n) is 4.08. The average molecular weight is 291 g/mol.